The number of ether oxygens (including phenoxy) is 1. The molecule has 1 aliphatic carbocycles. The second-order valence-electron chi connectivity index (χ2n) is 4.30. The Hall–Kier alpha value is -1.78. The van der Waals surface area contributed by atoms with Crippen molar-refractivity contribution in [1.29, 1.82) is 0 Å². The molecule has 0 bridgehead atoms. The molecule has 1 fully saturated rings. The van der Waals surface area contributed by atoms with Crippen molar-refractivity contribution >= 4 is 5.97 Å². The van der Waals surface area contributed by atoms with Crippen molar-refractivity contribution in [3.63, 3.8) is 0 Å². The van der Waals surface area contributed by atoms with Crippen LogP contribution in [0.3, 0.4) is 0 Å². The first-order valence-corrected chi connectivity index (χ1v) is 5.24. The van der Waals surface area contributed by atoms with Gasteiger partial charge in [-0.1, -0.05) is 0 Å². The SMILES string of the molecule is COc1c(F)cc(C2(C(=O)O)CC2)c(C)c1O. The molecule has 92 valence electrons. The Morgan fingerprint density at radius 1 is 1.53 bits per heavy atom. The summed E-state index contributed by atoms with van der Waals surface area (Å²) in [7, 11) is 1.25. The van der Waals surface area contributed by atoms with Crippen LogP contribution >= 0.6 is 0 Å². The summed E-state index contributed by atoms with van der Waals surface area (Å²) in [5, 5.41) is 18.9. The number of rotatable bonds is 3. The smallest absolute Gasteiger partial charge is 0.314 e. The molecule has 4 nitrogen and oxygen atoms in total. The molecule has 0 saturated heterocycles. The van der Waals surface area contributed by atoms with Crippen LogP contribution in [0.4, 0.5) is 4.39 Å². The fourth-order valence-electron chi connectivity index (χ4n) is 2.13. The fraction of sp³-hybridized carbons (Fsp3) is 0.417. The molecule has 2 rings (SSSR count). The molecule has 1 aliphatic rings. The highest BCUT2D eigenvalue weighted by Gasteiger charge is 2.53. The third-order valence-electron chi connectivity index (χ3n) is 3.34. The van der Waals surface area contributed by atoms with Gasteiger partial charge in [0.2, 0.25) is 0 Å². The maximum atomic E-state index is 13.6. The van der Waals surface area contributed by atoms with Gasteiger partial charge in [-0.25, -0.2) is 4.39 Å². The first-order valence-electron chi connectivity index (χ1n) is 5.24. The van der Waals surface area contributed by atoms with Gasteiger partial charge in [-0.05, 0) is 37.0 Å². The zero-order valence-electron chi connectivity index (χ0n) is 9.58. The van der Waals surface area contributed by atoms with Crippen LogP contribution in [0.1, 0.15) is 24.0 Å². The lowest BCUT2D eigenvalue weighted by Crippen LogP contribution is -2.21. The summed E-state index contributed by atoms with van der Waals surface area (Å²) in [5.41, 5.74) is -0.335. The summed E-state index contributed by atoms with van der Waals surface area (Å²) < 4.78 is 18.4. The first kappa shape index (κ1) is 11.7. The number of halogens is 1. The first-order chi connectivity index (χ1) is 7.94. The summed E-state index contributed by atoms with van der Waals surface area (Å²) >= 11 is 0. The fourth-order valence-corrected chi connectivity index (χ4v) is 2.13. The van der Waals surface area contributed by atoms with E-state index in [1.54, 1.807) is 6.92 Å². The van der Waals surface area contributed by atoms with Gasteiger partial charge in [0.25, 0.3) is 0 Å². The number of benzene rings is 1. The van der Waals surface area contributed by atoms with Gasteiger partial charge in [-0.3, -0.25) is 4.79 Å². The summed E-state index contributed by atoms with van der Waals surface area (Å²) in [6.45, 7) is 1.57. The predicted octanol–water partition coefficient (Wildman–Crippen LogP) is 1.96. The van der Waals surface area contributed by atoms with Crippen LogP contribution < -0.4 is 4.74 Å². The van der Waals surface area contributed by atoms with E-state index in [0.717, 1.165) is 6.07 Å². The van der Waals surface area contributed by atoms with Gasteiger partial charge in [0.15, 0.2) is 17.3 Å². The molecule has 5 heteroatoms. The number of carbonyl (C=O) groups is 1. The van der Waals surface area contributed by atoms with Gasteiger partial charge in [0, 0.05) is 0 Å². The summed E-state index contributed by atoms with van der Waals surface area (Å²) in [4.78, 5) is 11.2. The minimum atomic E-state index is -1.03. The number of methoxy groups -OCH3 is 1. The lowest BCUT2D eigenvalue weighted by atomic mass is 9.91. The largest absolute Gasteiger partial charge is 0.504 e. The van der Waals surface area contributed by atoms with E-state index in [4.69, 9.17) is 9.84 Å². The van der Waals surface area contributed by atoms with Crippen molar-refractivity contribution in [3.05, 3.63) is 23.0 Å². The number of aliphatic carboxylic acids is 1. The second kappa shape index (κ2) is 3.61. The van der Waals surface area contributed by atoms with Crippen molar-refractivity contribution in [3.8, 4) is 11.5 Å². The molecule has 2 N–H and O–H groups in total. The summed E-state index contributed by atoms with van der Waals surface area (Å²) in [5.74, 6) is -2.29. The highest BCUT2D eigenvalue weighted by Crippen LogP contribution is 2.52. The summed E-state index contributed by atoms with van der Waals surface area (Å²) in [6, 6.07) is 1.15. The molecule has 0 aromatic heterocycles. The Bertz CT molecular complexity index is 492. The average molecular weight is 240 g/mol. The van der Waals surface area contributed by atoms with Crippen LogP contribution in [0.25, 0.3) is 0 Å². The zero-order valence-corrected chi connectivity index (χ0v) is 9.58. The number of hydrogen-bond acceptors (Lipinski definition) is 3. The van der Waals surface area contributed by atoms with Crippen molar-refractivity contribution < 1.29 is 24.1 Å². The Morgan fingerprint density at radius 3 is 2.53 bits per heavy atom. The van der Waals surface area contributed by atoms with Gasteiger partial charge < -0.3 is 14.9 Å². The van der Waals surface area contributed by atoms with Crippen molar-refractivity contribution in [2.45, 2.75) is 25.2 Å². The highest BCUT2D eigenvalue weighted by molar-refractivity contribution is 5.86. The maximum Gasteiger partial charge on any atom is 0.314 e. The standard InChI is InChI=1S/C12H13FO4/c1-6-7(12(3-4-12)11(15)16)5-8(13)10(17-2)9(6)14/h5,14H,3-4H2,1-2H3,(H,15,16). The number of phenols is 1. The van der Waals surface area contributed by atoms with Crippen molar-refractivity contribution in [2.24, 2.45) is 0 Å². The van der Waals surface area contributed by atoms with Crippen LogP contribution in [0.15, 0.2) is 6.07 Å². The number of aromatic hydroxyl groups is 1. The number of phenolic OH excluding ortho intramolecular Hbond substituents is 1. The average Bonchev–Trinajstić information content (AvgIpc) is 3.05. The van der Waals surface area contributed by atoms with Crippen LogP contribution in [0, 0.1) is 12.7 Å². The van der Waals surface area contributed by atoms with Gasteiger partial charge >= 0.3 is 5.97 Å². The normalized spacial score (nSPS) is 16.6. The van der Waals surface area contributed by atoms with E-state index in [1.807, 2.05) is 0 Å². The Balaban J connectivity index is 2.62. The molecule has 1 saturated carbocycles. The van der Waals surface area contributed by atoms with E-state index in [1.165, 1.54) is 7.11 Å². The lowest BCUT2D eigenvalue weighted by Gasteiger charge is -2.17. The van der Waals surface area contributed by atoms with Gasteiger partial charge in [-0.2, -0.15) is 0 Å². The monoisotopic (exact) mass is 240 g/mol. The van der Waals surface area contributed by atoms with Crippen LogP contribution in [-0.2, 0) is 10.2 Å². The highest BCUT2D eigenvalue weighted by atomic mass is 19.1. The van der Waals surface area contributed by atoms with Crippen molar-refractivity contribution in [1.82, 2.24) is 0 Å². The molecule has 0 aliphatic heterocycles. The molecule has 1 aromatic rings. The molecular formula is C12H13FO4. The molecule has 0 unspecified atom stereocenters. The molecule has 1 aromatic carbocycles. The van der Waals surface area contributed by atoms with E-state index in [0.29, 0.717) is 24.0 Å². The van der Waals surface area contributed by atoms with Crippen LogP contribution in [-0.4, -0.2) is 23.3 Å². The molecule has 17 heavy (non-hydrogen) atoms. The topological polar surface area (TPSA) is 66.8 Å². The Labute approximate surface area is 97.6 Å². The number of carboxylic acid groups (broad SMARTS) is 1. The van der Waals surface area contributed by atoms with E-state index in [9.17, 15) is 14.3 Å². The van der Waals surface area contributed by atoms with Gasteiger partial charge in [0.1, 0.15) is 0 Å². The zero-order chi connectivity index (χ0) is 12.8. The molecule has 0 atom stereocenters. The third-order valence-corrected chi connectivity index (χ3v) is 3.34. The summed E-state index contributed by atoms with van der Waals surface area (Å²) in [6.07, 6.45) is 0.933. The molecule has 0 spiro atoms. The maximum absolute atomic E-state index is 13.6. The van der Waals surface area contributed by atoms with E-state index in [-0.39, 0.29) is 11.5 Å². The van der Waals surface area contributed by atoms with Gasteiger partial charge in [0.05, 0.1) is 12.5 Å². The van der Waals surface area contributed by atoms with Crippen LogP contribution in [0.2, 0.25) is 0 Å². The molecule has 0 amide bonds. The lowest BCUT2D eigenvalue weighted by molar-refractivity contribution is -0.140. The number of hydrogen-bond donors (Lipinski definition) is 2. The van der Waals surface area contributed by atoms with E-state index >= 15 is 0 Å². The third kappa shape index (κ3) is 1.53. The minimum absolute atomic E-state index is 0.243. The number of carboxylic acids is 1. The Kier molecular flexibility index (Phi) is 2.49. The minimum Gasteiger partial charge on any atom is -0.504 e. The van der Waals surface area contributed by atoms with Crippen molar-refractivity contribution in [2.75, 3.05) is 7.11 Å². The molecule has 0 radical (unpaired) electrons. The van der Waals surface area contributed by atoms with Crippen LogP contribution in [0.5, 0.6) is 11.5 Å². The van der Waals surface area contributed by atoms with E-state index < -0.39 is 17.2 Å². The molecular weight excluding hydrogens is 227 g/mol. The quantitative estimate of drug-likeness (QED) is 0.847. The second-order valence-corrected chi connectivity index (χ2v) is 4.30. The predicted molar refractivity (Wildman–Crippen MR) is 57.9 cm³/mol. The van der Waals surface area contributed by atoms with Gasteiger partial charge in [-0.15, -0.1) is 0 Å². The van der Waals surface area contributed by atoms with E-state index in [2.05, 4.69) is 0 Å². The Morgan fingerprint density at radius 2 is 2.12 bits per heavy atom. The molecule has 0 heterocycles.